The lowest BCUT2D eigenvalue weighted by molar-refractivity contribution is -0.116. The summed E-state index contributed by atoms with van der Waals surface area (Å²) in [6.45, 7) is 5.24. The molecule has 9 nitrogen and oxygen atoms in total. The molecule has 2 aromatic carbocycles. The number of carbonyl (C=O) groups is 1. The Balaban J connectivity index is 1.41. The fraction of sp³-hybridized carbons (Fsp3) is 0.296. The van der Waals surface area contributed by atoms with Crippen molar-refractivity contribution in [3.05, 3.63) is 66.2 Å². The zero-order chi connectivity index (χ0) is 25.9. The lowest BCUT2D eigenvalue weighted by Gasteiger charge is -2.29. The molecule has 37 heavy (non-hydrogen) atoms. The van der Waals surface area contributed by atoms with Gasteiger partial charge in [-0.25, -0.2) is 9.37 Å². The Bertz CT molecular complexity index is 1430. The van der Waals surface area contributed by atoms with Gasteiger partial charge in [0.05, 0.1) is 19.3 Å². The molecule has 5 rings (SSSR count). The second-order valence-electron chi connectivity index (χ2n) is 9.02. The second-order valence-corrected chi connectivity index (χ2v) is 9.02. The zero-order valence-electron chi connectivity index (χ0n) is 21.2. The Kier molecular flexibility index (Phi) is 6.91. The number of fused-ring (bicyclic) bond motifs is 1. The van der Waals surface area contributed by atoms with Crippen molar-refractivity contribution in [3.63, 3.8) is 0 Å². The summed E-state index contributed by atoms with van der Waals surface area (Å²) < 4.78 is 22.3. The summed E-state index contributed by atoms with van der Waals surface area (Å²) in [7, 11) is 3.36. The van der Waals surface area contributed by atoms with E-state index in [1.54, 1.807) is 31.3 Å². The third kappa shape index (κ3) is 5.19. The van der Waals surface area contributed by atoms with E-state index in [-0.39, 0.29) is 11.7 Å². The first-order chi connectivity index (χ1) is 17.9. The molecule has 1 aliphatic heterocycles. The van der Waals surface area contributed by atoms with Crippen molar-refractivity contribution in [2.75, 3.05) is 55.5 Å². The number of benzene rings is 2. The van der Waals surface area contributed by atoms with Crippen LogP contribution in [0, 0.1) is 5.82 Å². The van der Waals surface area contributed by atoms with Crippen LogP contribution in [0.1, 0.15) is 12.5 Å². The summed E-state index contributed by atoms with van der Waals surface area (Å²) in [4.78, 5) is 24.8. The minimum atomic E-state index is -0.281. The van der Waals surface area contributed by atoms with Crippen LogP contribution in [-0.2, 0) is 11.3 Å². The fourth-order valence-corrected chi connectivity index (χ4v) is 4.53. The molecule has 0 bridgehead atoms. The lowest BCUT2D eigenvalue weighted by Crippen LogP contribution is -2.43. The number of nitrogens with zero attached hydrogens (tertiary/aromatic N) is 5. The molecule has 1 amide bonds. The van der Waals surface area contributed by atoms with E-state index in [0.717, 1.165) is 48.5 Å². The summed E-state index contributed by atoms with van der Waals surface area (Å²) >= 11 is 0. The Labute approximate surface area is 214 Å². The van der Waals surface area contributed by atoms with Gasteiger partial charge in [-0.05, 0) is 48.0 Å². The average molecular weight is 504 g/mol. The first-order valence-electron chi connectivity index (χ1n) is 12.2. The lowest BCUT2D eigenvalue weighted by atomic mass is 10.1. The molecule has 0 radical (unpaired) electrons. The van der Waals surface area contributed by atoms with Crippen molar-refractivity contribution in [1.29, 1.82) is 0 Å². The summed E-state index contributed by atoms with van der Waals surface area (Å²) in [5.74, 6) is 0.730. The van der Waals surface area contributed by atoms with Crippen LogP contribution >= 0.6 is 0 Å². The van der Waals surface area contributed by atoms with Crippen molar-refractivity contribution < 1.29 is 13.9 Å². The van der Waals surface area contributed by atoms with E-state index in [4.69, 9.17) is 9.72 Å². The van der Waals surface area contributed by atoms with Crippen molar-refractivity contribution in [3.8, 4) is 5.75 Å². The van der Waals surface area contributed by atoms with Gasteiger partial charge >= 0.3 is 0 Å². The largest absolute Gasteiger partial charge is 0.497 e. The Hall–Kier alpha value is -4.18. The molecule has 0 spiro atoms. The van der Waals surface area contributed by atoms with Gasteiger partial charge in [0, 0.05) is 69.3 Å². The van der Waals surface area contributed by atoms with Crippen LogP contribution in [0.15, 0.2) is 54.9 Å². The van der Waals surface area contributed by atoms with E-state index in [9.17, 15) is 9.18 Å². The number of nitrogens with one attached hydrogen (secondary N) is 2. The van der Waals surface area contributed by atoms with Crippen LogP contribution in [0.5, 0.6) is 5.75 Å². The SMILES string of the molecule is COc1ccc(N(C)C(C)=O)c(Cn2ccc3cnc(Nc4ccc(N5CCNCC5)c(F)c4)nc32)c1. The first-order valence-corrected chi connectivity index (χ1v) is 12.2. The number of methoxy groups -OCH3 is 1. The Morgan fingerprint density at radius 1 is 1.19 bits per heavy atom. The number of piperazine rings is 1. The highest BCUT2D eigenvalue weighted by Gasteiger charge is 2.16. The minimum absolute atomic E-state index is 0.0622. The number of rotatable bonds is 7. The normalized spacial score (nSPS) is 13.6. The number of amides is 1. The maximum absolute atomic E-state index is 14.9. The van der Waals surface area contributed by atoms with Gasteiger partial charge in [0.25, 0.3) is 0 Å². The third-order valence-electron chi connectivity index (χ3n) is 6.62. The monoisotopic (exact) mass is 503 g/mol. The number of anilines is 4. The number of aromatic nitrogens is 3. The molecular weight excluding hydrogens is 473 g/mol. The number of carbonyl (C=O) groups excluding carboxylic acids is 1. The van der Waals surface area contributed by atoms with Crippen LogP contribution in [0.25, 0.3) is 11.0 Å². The average Bonchev–Trinajstić information content (AvgIpc) is 3.30. The third-order valence-corrected chi connectivity index (χ3v) is 6.62. The van der Waals surface area contributed by atoms with Crippen LogP contribution in [0.4, 0.5) is 27.4 Å². The van der Waals surface area contributed by atoms with E-state index in [1.807, 2.05) is 46.0 Å². The summed E-state index contributed by atoms with van der Waals surface area (Å²) in [6.07, 6.45) is 3.67. The predicted molar refractivity (Wildman–Crippen MR) is 143 cm³/mol. The summed E-state index contributed by atoms with van der Waals surface area (Å²) in [6, 6.07) is 12.7. The van der Waals surface area contributed by atoms with Crippen molar-refractivity contribution in [2.24, 2.45) is 0 Å². The van der Waals surface area contributed by atoms with Crippen molar-refractivity contribution in [2.45, 2.75) is 13.5 Å². The molecule has 0 unspecified atom stereocenters. The maximum Gasteiger partial charge on any atom is 0.229 e. The van der Waals surface area contributed by atoms with Gasteiger partial charge in [0.1, 0.15) is 17.2 Å². The molecule has 4 aromatic rings. The standard InChI is InChI=1S/C27H30FN7O2/c1-18(36)33(2)24-7-5-22(37-3)14-20(24)17-35-11-8-19-16-30-27(32-26(19)35)31-21-4-6-25(23(28)15-21)34-12-9-29-10-13-34/h4-8,11,14-16,29H,9-10,12-13,17H2,1-3H3,(H,30,31,32). The second kappa shape index (κ2) is 10.4. The van der Waals surface area contributed by atoms with Gasteiger partial charge in [0.2, 0.25) is 11.9 Å². The first kappa shape index (κ1) is 24.5. The molecule has 2 N–H and O–H groups in total. The molecular formula is C27H30FN7O2. The van der Waals surface area contributed by atoms with Gasteiger partial charge in [-0.1, -0.05) is 0 Å². The van der Waals surface area contributed by atoms with E-state index >= 15 is 0 Å². The fourth-order valence-electron chi connectivity index (χ4n) is 4.53. The highest BCUT2D eigenvalue weighted by atomic mass is 19.1. The molecule has 10 heteroatoms. The van der Waals surface area contributed by atoms with E-state index in [2.05, 4.69) is 15.6 Å². The van der Waals surface area contributed by atoms with Crippen LogP contribution < -0.4 is 25.2 Å². The Morgan fingerprint density at radius 2 is 2.00 bits per heavy atom. The van der Waals surface area contributed by atoms with E-state index in [0.29, 0.717) is 29.6 Å². The topological polar surface area (TPSA) is 87.5 Å². The summed E-state index contributed by atoms with van der Waals surface area (Å²) in [5, 5.41) is 7.28. The van der Waals surface area contributed by atoms with Gasteiger partial charge in [-0.2, -0.15) is 4.98 Å². The molecule has 1 fully saturated rings. The summed E-state index contributed by atoms with van der Waals surface area (Å²) in [5.41, 5.74) is 3.60. The molecule has 3 heterocycles. The van der Waals surface area contributed by atoms with Gasteiger partial charge in [-0.3, -0.25) is 4.79 Å². The highest BCUT2D eigenvalue weighted by Crippen LogP contribution is 2.28. The molecule has 2 aromatic heterocycles. The van der Waals surface area contributed by atoms with Crippen LogP contribution in [0.2, 0.25) is 0 Å². The molecule has 0 aliphatic carbocycles. The molecule has 1 aliphatic rings. The van der Waals surface area contributed by atoms with Gasteiger partial charge in [0.15, 0.2) is 0 Å². The van der Waals surface area contributed by atoms with Crippen LogP contribution in [-0.4, -0.2) is 60.8 Å². The molecule has 0 saturated carbocycles. The quantitative estimate of drug-likeness (QED) is 0.397. The number of hydrogen-bond donors (Lipinski definition) is 2. The Morgan fingerprint density at radius 3 is 2.73 bits per heavy atom. The highest BCUT2D eigenvalue weighted by molar-refractivity contribution is 5.92. The van der Waals surface area contributed by atoms with Gasteiger partial charge < -0.3 is 29.7 Å². The predicted octanol–water partition coefficient (Wildman–Crippen LogP) is 3.76. The molecule has 192 valence electrons. The van der Waals surface area contributed by atoms with Crippen molar-refractivity contribution in [1.82, 2.24) is 19.9 Å². The molecule has 1 saturated heterocycles. The van der Waals surface area contributed by atoms with Gasteiger partial charge in [-0.15, -0.1) is 0 Å². The van der Waals surface area contributed by atoms with Crippen LogP contribution in [0.3, 0.4) is 0 Å². The maximum atomic E-state index is 14.9. The smallest absolute Gasteiger partial charge is 0.229 e. The number of ether oxygens (including phenoxy) is 1. The molecule has 0 atom stereocenters. The van der Waals surface area contributed by atoms with Crippen molar-refractivity contribution >= 4 is 40.0 Å². The minimum Gasteiger partial charge on any atom is -0.497 e. The van der Waals surface area contributed by atoms with E-state index in [1.165, 1.54) is 13.0 Å². The number of hydrogen-bond acceptors (Lipinski definition) is 7. The van der Waals surface area contributed by atoms with E-state index < -0.39 is 0 Å². The number of halogens is 1. The zero-order valence-corrected chi connectivity index (χ0v) is 21.2.